The first kappa shape index (κ1) is 13.5. The molecule has 0 aliphatic heterocycles. The highest BCUT2D eigenvalue weighted by atomic mass is 79.9. The van der Waals surface area contributed by atoms with Gasteiger partial charge in [-0.05, 0) is 52.3 Å². The summed E-state index contributed by atoms with van der Waals surface area (Å²) in [5.74, 6) is -1.67. The van der Waals surface area contributed by atoms with Crippen LogP contribution in [0, 0.1) is 11.6 Å². The minimum Gasteiger partial charge on any atom is -0.399 e. The number of carbonyl (C=O) groups excluding carboxylic acids is 1. The van der Waals surface area contributed by atoms with Crippen molar-refractivity contribution in [3.8, 4) is 0 Å². The van der Waals surface area contributed by atoms with Crippen LogP contribution in [0.3, 0.4) is 0 Å². The summed E-state index contributed by atoms with van der Waals surface area (Å²) in [7, 11) is 0. The molecule has 0 fully saturated rings. The zero-order valence-electron chi connectivity index (χ0n) is 9.58. The molecule has 0 saturated carbocycles. The molecule has 0 bridgehead atoms. The van der Waals surface area contributed by atoms with Gasteiger partial charge in [-0.2, -0.15) is 0 Å². The van der Waals surface area contributed by atoms with Gasteiger partial charge in [0.25, 0.3) is 5.91 Å². The molecule has 0 aliphatic carbocycles. The number of hydrogen-bond donors (Lipinski definition) is 2. The summed E-state index contributed by atoms with van der Waals surface area (Å²) in [4.78, 5) is 11.8. The Morgan fingerprint density at radius 3 is 2.53 bits per heavy atom. The maximum atomic E-state index is 13.3. The highest BCUT2D eigenvalue weighted by Crippen LogP contribution is 2.20. The van der Waals surface area contributed by atoms with E-state index in [-0.39, 0.29) is 16.9 Å². The second-order valence-corrected chi connectivity index (χ2v) is 4.71. The summed E-state index contributed by atoms with van der Waals surface area (Å²) in [6, 6.07) is 7.65. The number of nitrogen functional groups attached to an aromatic ring is 1. The van der Waals surface area contributed by atoms with E-state index in [2.05, 4.69) is 21.2 Å². The van der Waals surface area contributed by atoms with Crippen LogP contribution in [0.4, 0.5) is 20.2 Å². The molecule has 2 aromatic rings. The average Bonchev–Trinajstić information content (AvgIpc) is 2.32. The van der Waals surface area contributed by atoms with Crippen LogP contribution in [0.2, 0.25) is 0 Å². The summed E-state index contributed by atoms with van der Waals surface area (Å²) in [6.07, 6.45) is 0. The number of halogens is 3. The van der Waals surface area contributed by atoms with E-state index in [4.69, 9.17) is 5.73 Å². The van der Waals surface area contributed by atoms with E-state index in [0.717, 1.165) is 18.2 Å². The second-order valence-electron chi connectivity index (χ2n) is 3.86. The van der Waals surface area contributed by atoms with Gasteiger partial charge in [-0.1, -0.05) is 0 Å². The number of hydrogen-bond acceptors (Lipinski definition) is 2. The van der Waals surface area contributed by atoms with E-state index in [0.29, 0.717) is 4.47 Å². The predicted octanol–water partition coefficient (Wildman–Crippen LogP) is 3.56. The molecule has 0 aromatic heterocycles. The second kappa shape index (κ2) is 5.36. The summed E-state index contributed by atoms with van der Waals surface area (Å²) in [5, 5.41) is 2.46. The van der Waals surface area contributed by atoms with Crippen molar-refractivity contribution in [3.63, 3.8) is 0 Å². The zero-order chi connectivity index (χ0) is 14.0. The van der Waals surface area contributed by atoms with Crippen LogP contribution >= 0.6 is 15.9 Å². The number of anilines is 2. The van der Waals surface area contributed by atoms with Gasteiger partial charge in [0.2, 0.25) is 0 Å². The molecule has 98 valence electrons. The number of carbonyl (C=O) groups is 1. The predicted molar refractivity (Wildman–Crippen MR) is 72.9 cm³/mol. The molecule has 2 rings (SSSR count). The number of benzene rings is 2. The Balaban J connectivity index is 2.22. The SMILES string of the molecule is Nc1cc(F)cc(C(=O)Nc2ccc(Br)c(F)c2)c1. The van der Waals surface area contributed by atoms with E-state index < -0.39 is 17.5 Å². The number of rotatable bonds is 2. The smallest absolute Gasteiger partial charge is 0.255 e. The lowest BCUT2D eigenvalue weighted by atomic mass is 10.1. The fourth-order valence-corrected chi connectivity index (χ4v) is 1.77. The largest absolute Gasteiger partial charge is 0.399 e. The Morgan fingerprint density at radius 1 is 1.16 bits per heavy atom. The van der Waals surface area contributed by atoms with Crippen LogP contribution in [0.15, 0.2) is 40.9 Å². The number of amides is 1. The summed E-state index contributed by atoms with van der Waals surface area (Å²) in [5.41, 5.74) is 5.94. The van der Waals surface area contributed by atoms with Crippen molar-refractivity contribution in [1.29, 1.82) is 0 Å². The fraction of sp³-hybridized carbons (Fsp3) is 0. The maximum absolute atomic E-state index is 13.3. The molecule has 1 amide bonds. The molecule has 6 heteroatoms. The fourth-order valence-electron chi connectivity index (χ4n) is 1.52. The lowest BCUT2D eigenvalue weighted by molar-refractivity contribution is 0.102. The molecule has 0 aliphatic rings. The zero-order valence-corrected chi connectivity index (χ0v) is 11.2. The molecular formula is C13H9BrF2N2O. The normalized spacial score (nSPS) is 10.3. The molecule has 0 radical (unpaired) electrons. The van der Waals surface area contributed by atoms with Crippen molar-refractivity contribution >= 4 is 33.2 Å². The summed E-state index contributed by atoms with van der Waals surface area (Å²) < 4.78 is 26.7. The Morgan fingerprint density at radius 2 is 1.89 bits per heavy atom. The highest BCUT2D eigenvalue weighted by Gasteiger charge is 2.09. The molecule has 0 atom stereocenters. The Kier molecular flexibility index (Phi) is 3.80. The minimum atomic E-state index is -0.605. The Hall–Kier alpha value is -1.95. The number of nitrogens with two attached hydrogens (primary N) is 1. The van der Waals surface area contributed by atoms with Gasteiger partial charge < -0.3 is 11.1 Å². The van der Waals surface area contributed by atoms with Gasteiger partial charge in [-0.25, -0.2) is 8.78 Å². The quantitative estimate of drug-likeness (QED) is 0.829. The van der Waals surface area contributed by atoms with E-state index in [1.165, 1.54) is 18.2 Å². The summed E-state index contributed by atoms with van der Waals surface area (Å²) in [6.45, 7) is 0. The van der Waals surface area contributed by atoms with E-state index in [1.54, 1.807) is 0 Å². The minimum absolute atomic E-state index is 0.0702. The molecule has 2 aromatic carbocycles. The van der Waals surface area contributed by atoms with Gasteiger partial charge in [-0.15, -0.1) is 0 Å². The van der Waals surface area contributed by atoms with E-state index in [1.807, 2.05) is 0 Å². The molecule has 0 unspecified atom stereocenters. The van der Waals surface area contributed by atoms with Gasteiger partial charge in [-0.3, -0.25) is 4.79 Å². The third kappa shape index (κ3) is 3.29. The Bertz CT molecular complexity index is 626. The maximum Gasteiger partial charge on any atom is 0.255 e. The van der Waals surface area contributed by atoms with Crippen LogP contribution in [0.5, 0.6) is 0 Å². The van der Waals surface area contributed by atoms with E-state index >= 15 is 0 Å². The lowest BCUT2D eigenvalue weighted by Gasteiger charge is -2.07. The molecule has 0 saturated heterocycles. The van der Waals surface area contributed by atoms with Crippen LogP contribution in [-0.2, 0) is 0 Å². The Labute approximate surface area is 116 Å². The van der Waals surface area contributed by atoms with Gasteiger partial charge in [0.1, 0.15) is 11.6 Å². The topological polar surface area (TPSA) is 55.1 Å². The molecule has 3 N–H and O–H groups in total. The van der Waals surface area contributed by atoms with Crippen molar-refractivity contribution in [2.24, 2.45) is 0 Å². The highest BCUT2D eigenvalue weighted by molar-refractivity contribution is 9.10. The van der Waals surface area contributed by atoms with Crippen LogP contribution in [0.25, 0.3) is 0 Å². The molecule has 19 heavy (non-hydrogen) atoms. The van der Waals surface area contributed by atoms with E-state index in [9.17, 15) is 13.6 Å². The molecule has 0 heterocycles. The third-order valence-electron chi connectivity index (χ3n) is 2.36. The third-order valence-corrected chi connectivity index (χ3v) is 3.00. The summed E-state index contributed by atoms with van der Waals surface area (Å²) >= 11 is 3.01. The van der Waals surface area contributed by atoms with Gasteiger partial charge >= 0.3 is 0 Å². The van der Waals surface area contributed by atoms with Crippen LogP contribution in [-0.4, -0.2) is 5.91 Å². The van der Waals surface area contributed by atoms with Crippen molar-refractivity contribution in [2.75, 3.05) is 11.1 Å². The van der Waals surface area contributed by atoms with Gasteiger partial charge in [0.05, 0.1) is 4.47 Å². The van der Waals surface area contributed by atoms with Gasteiger partial charge in [0, 0.05) is 16.9 Å². The molecule has 3 nitrogen and oxygen atoms in total. The van der Waals surface area contributed by atoms with Crippen molar-refractivity contribution in [2.45, 2.75) is 0 Å². The standard InChI is InChI=1S/C13H9BrF2N2O/c14-11-2-1-10(6-12(11)16)18-13(19)7-3-8(15)5-9(17)4-7/h1-6H,17H2,(H,18,19). The van der Waals surface area contributed by atoms with Crippen molar-refractivity contribution < 1.29 is 13.6 Å². The molecule has 0 spiro atoms. The van der Waals surface area contributed by atoms with Crippen LogP contribution in [0.1, 0.15) is 10.4 Å². The first-order valence-electron chi connectivity index (χ1n) is 5.28. The number of nitrogens with one attached hydrogen (secondary N) is 1. The first-order chi connectivity index (χ1) is 8.95. The van der Waals surface area contributed by atoms with Crippen molar-refractivity contribution in [3.05, 3.63) is 58.1 Å². The van der Waals surface area contributed by atoms with Crippen molar-refractivity contribution in [1.82, 2.24) is 0 Å². The first-order valence-corrected chi connectivity index (χ1v) is 6.07. The molecular weight excluding hydrogens is 318 g/mol. The lowest BCUT2D eigenvalue weighted by Crippen LogP contribution is -2.12. The van der Waals surface area contributed by atoms with Gasteiger partial charge in [0.15, 0.2) is 0 Å². The monoisotopic (exact) mass is 326 g/mol. The van der Waals surface area contributed by atoms with Crippen LogP contribution < -0.4 is 11.1 Å². The average molecular weight is 327 g/mol.